The van der Waals surface area contributed by atoms with Gasteiger partial charge in [-0.15, -0.1) is 0 Å². The van der Waals surface area contributed by atoms with E-state index in [2.05, 4.69) is 25.6 Å². The van der Waals surface area contributed by atoms with Gasteiger partial charge in [0.05, 0.1) is 54.0 Å². The molecule has 3 aromatic heterocycles. The van der Waals surface area contributed by atoms with Crippen molar-refractivity contribution in [1.29, 1.82) is 0 Å². The number of carbonyl (C=O) groups is 4. The molecule has 64 heavy (non-hydrogen) atoms. The SMILES string of the molecule is CCC(OC(=O)N(C)C)(C(=O)N[C@H](c1ncc(-c2ccc(-c3cnc(-c4cnc([C@@H](NC(=O)C(CC)(OC(=O)N(C)C)C5(C)CC5)C(C)(C)C)[nH]4)cn3)cc2)[nH]1)C(C)(C)C)C1(C)CC1. The van der Waals surface area contributed by atoms with Crippen LogP contribution in [0, 0.1) is 21.7 Å². The monoisotopic (exact) mass is 881 g/mol. The van der Waals surface area contributed by atoms with Crippen molar-refractivity contribution in [1.82, 2.24) is 50.3 Å². The van der Waals surface area contributed by atoms with Gasteiger partial charge in [-0.05, 0) is 54.9 Å². The van der Waals surface area contributed by atoms with E-state index < -0.39 is 57.1 Å². The van der Waals surface area contributed by atoms with Crippen molar-refractivity contribution in [2.24, 2.45) is 21.7 Å². The van der Waals surface area contributed by atoms with E-state index in [1.807, 2.05) is 93.5 Å². The molecule has 2 unspecified atom stereocenters. The number of rotatable bonds is 15. The van der Waals surface area contributed by atoms with Crippen LogP contribution in [0.3, 0.4) is 0 Å². The summed E-state index contributed by atoms with van der Waals surface area (Å²) in [6, 6.07) is 6.84. The molecule has 4 amide bonds. The Balaban J connectivity index is 1.17. The maximum atomic E-state index is 14.2. The van der Waals surface area contributed by atoms with Crippen LogP contribution >= 0.6 is 0 Å². The first-order chi connectivity index (χ1) is 29.8. The number of benzene rings is 1. The van der Waals surface area contributed by atoms with Gasteiger partial charge in [-0.3, -0.25) is 19.6 Å². The molecule has 2 aliphatic rings. The lowest BCUT2D eigenvalue weighted by Gasteiger charge is -2.40. The van der Waals surface area contributed by atoms with Crippen LogP contribution in [-0.4, -0.2) is 103 Å². The number of nitrogens with one attached hydrogen (secondary N) is 4. The lowest BCUT2D eigenvalue weighted by molar-refractivity contribution is -0.151. The summed E-state index contributed by atoms with van der Waals surface area (Å²) in [6.45, 7) is 19.9. The molecule has 346 valence electrons. The molecule has 6 rings (SSSR count). The summed E-state index contributed by atoms with van der Waals surface area (Å²) in [5, 5.41) is 6.44. The normalized spacial score (nSPS) is 18.0. The highest BCUT2D eigenvalue weighted by molar-refractivity contribution is 5.90. The predicted octanol–water partition coefficient (Wildman–Crippen LogP) is 8.62. The third kappa shape index (κ3) is 9.23. The van der Waals surface area contributed by atoms with E-state index in [1.165, 1.54) is 9.80 Å². The second-order valence-corrected chi connectivity index (χ2v) is 20.8. The fourth-order valence-corrected chi connectivity index (χ4v) is 8.44. The highest BCUT2D eigenvalue weighted by Gasteiger charge is 2.64. The summed E-state index contributed by atoms with van der Waals surface area (Å²) in [5.41, 5.74) is -0.0363. The molecule has 0 saturated heterocycles. The fraction of sp³-hybridized carbons (Fsp3) is 0.583. The molecule has 2 fully saturated rings. The molecular formula is C48H68N10O6. The van der Waals surface area contributed by atoms with Crippen molar-refractivity contribution in [3.63, 3.8) is 0 Å². The van der Waals surface area contributed by atoms with Crippen LogP contribution in [0.1, 0.15) is 131 Å². The third-order valence-corrected chi connectivity index (χ3v) is 13.4. The van der Waals surface area contributed by atoms with Gasteiger partial charge in [0.15, 0.2) is 11.2 Å². The molecule has 4 atom stereocenters. The van der Waals surface area contributed by atoms with Crippen molar-refractivity contribution < 1.29 is 28.7 Å². The zero-order valence-corrected chi connectivity index (χ0v) is 40.1. The van der Waals surface area contributed by atoms with Gasteiger partial charge in [0, 0.05) is 44.6 Å². The molecule has 3 heterocycles. The molecule has 1 aromatic carbocycles. The molecule has 0 bridgehead atoms. The van der Waals surface area contributed by atoms with Gasteiger partial charge in [-0.1, -0.05) is 93.5 Å². The Labute approximate surface area is 377 Å². The topological polar surface area (TPSA) is 200 Å². The Hall–Kier alpha value is -5.80. The number of hydrogen-bond acceptors (Lipinski definition) is 10. The van der Waals surface area contributed by atoms with E-state index in [4.69, 9.17) is 24.4 Å². The molecule has 0 spiro atoms. The highest BCUT2D eigenvalue weighted by Crippen LogP contribution is 2.58. The number of imidazole rings is 2. The van der Waals surface area contributed by atoms with E-state index in [-0.39, 0.29) is 11.8 Å². The largest absolute Gasteiger partial charge is 0.432 e. The molecule has 4 aromatic rings. The van der Waals surface area contributed by atoms with Crippen LogP contribution in [0.15, 0.2) is 49.1 Å². The van der Waals surface area contributed by atoms with Crippen molar-refractivity contribution in [2.75, 3.05) is 28.2 Å². The molecular weight excluding hydrogens is 813 g/mol. The average Bonchev–Trinajstić information content (AvgIpc) is 4.03. The maximum Gasteiger partial charge on any atom is 0.410 e. The molecule has 16 heteroatoms. The number of hydrogen-bond donors (Lipinski definition) is 4. The van der Waals surface area contributed by atoms with Gasteiger partial charge >= 0.3 is 12.2 Å². The van der Waals surface area contributed by atoms with E-state index in [1.54, 1.807) is 53.0 Å². The zero-order chi connectivity index (χ0) is 47.2. The molecule has 0 radical (unpaired) electrons. The Morgan fingerprint density at radius 1 is 0.609 bits per heavy atom. The first-order valence-corrected chi connectivity index (χ1v) is 22.3. The van der Waals surface area contributed by atoms with Crippen LogP contribution in [-0.2, 0) is 19.1 Å². The van der Waals surface area contributed by atoms with E-state index >= 15 is 0 Å². The Bertz CT molecular complexity index is 2170. The standard InChI is InChI=1S/C48H68N10O6/c1-15-47(45(9)21-22-45,63-41(61)57(11)12)39(59)55-35(43(3,4)5)37-51-26-32(53-37)30-19-17-29(18-20-30)31-25-50-33(27-49-31)34-28-52-38(54-34)36(44(6,7)8)56-40(60)48(16-2,46(10)23-24-46)64-42(62)58(13)14/h17-20,25-28,35-36H,15-16,21-24H2,1-14H3,(H,51,53)(H,52,54)(H,55,59)(H,56,60)/t35-,36-,47?,48?/m1/s1. The summed E-state index contributed by atoms with van der Waals surface area (Å²) in [4.78, 5) is 82.5. The van der Waals surface area contributed by atoms with Crippen LogP contribution < -0.4 is 10.6 Å². The van der Waals surface area contributed by atoms with E-state index in [0.717, 1.165) is 42.5 Å². The first kappa shape index (κ1) is 47.7. The molecule has 2 aliphatic carbocycles. The number of carbonyl (C=O) groups excluding carboxylic acids is 4. The summed E-state index contributed by atoms with van der Waals surface area (Å²) >= 11 is 0. The minimum atomic E-state index is -1.33. The van der Waals surface area contributed by atoms with Gasteiger partial charge in [0.2, 0.25) is 0 Å². The Morgan fingerprint density at radius 2 is 0.984 bits per heavy atom. The Kier molecular flexibility index (Phi) is 12.9. The number of aromatic amines is 2. The van der Waals surface area contributed by atoms with Gasteiger partial charge in [-0.2, -0.15) is 0 Å². The minimum Gasteiger partial charge on any atom is -0.432 e. The second kappa shape index (κ2) is 17.3. The molecule has 4 N–H and O–H groups in total. The average molecular weight is 881 g/mol. The smallest absolute Gasteiger partial charge is 0.410 e. The summed E-state index contributed by atoms with van der Waals surface area (Å²) in [6.07, 6.45) is 9.55. The third-order valence-electron chi connectivity index (χ3n) is 13.4. The Morgan fingerprint density at radius 3 is 1.34 bits per heavy atom. The second-order valence-electron chi connectivity index (χ2n) is 20.8. The molecule has 16 nitrogen and oxygen atoms in total. The number of ether oxygens (including phenoxy) is 2. The number of nitrogens with zero attached hydrogens (tertiary/aromatic N) is 6. The number of aromatic nitrogens is 6. The quantitative estimate of drug-likeness (QED) is 0.0896. The maximum absolute atomic E-state index is 14.2. The van der Waals surface area contributed by atoms with Gasteiger partial charge in [-0.25, -0.2) is 19.6 Å². The van der Waals surface area contributed by atoms with Crippen molar-refractivity contribution in [3.05, 3.63) is 60.7 Å². The van der Waals surface area contributed by atoms with Crippen molar-refractivity contribution in [3.8, 4) is 33.9 Å². The van der Waals surface area contributed by atoms with Crippen molar-refractivity contribution in [2.45, 2.75) is 131 Å². The van der Waals surface area contributed by atoms with Crippen LogP contribution in [0.2, 0.25) is 0 Å². The first-order valence-electron chi connectivity index (χ1n) is 22.3. The van der Waals surface area contributed by atoms with Crippen LogP contribution in [0.4, 0.5) is 9.59 Å². The molecule has 2 saturated carbocycles. The fourth-order valence-electron chi connectivity index (χ4n) is 8.44. The number of H-pyrrole nitrogens is 2. The summed E-state index contributed by atoms with van der Waals surface area (Å²) in [5.74, 6) is 0.476. The van der Waals surface area contributed by atoms with Crippen LogP contribution in [0.5, 0.6) is 0 Å². The van der Waals surface area contributed by atoms with Gasteiger partial charge < -0.3 is 39.9 Å². The lowest BCUT2D eigenvalue weighted by Crippen LogP contribution is -2.57. The zero-order valence-electron chi connectivity index (χ0n) is 40.1. The van der Waals surface area contributed by atoms with E-state index in [9.17, 15) is 19.2 Å². The van der Waals surface area contributed by atoms with E-state index in [0.29, 0.717) is 41.6 Å². The highest BCUT2D eigenvalue weighted by atomic mass is 16.6. The van der Waals surface area contributed by atoms with Crippen LogP contribution in [0.25, 0.3) is 33.9 Å². The summed E-state index contributed by atoms with van der Waals surface area (Å²) in [7, 11) is 6.45. The van der Waals surface area contributed by atoms with Crippen molar-refractivity contribution >= 4 is 24.0 Å². The summed E-state index contributed by atoms with van der Waals surface area (Å²) < 4.78 is 12.0. The van der Waals surface area contributed by atoms with Gasteiger partial charge in [0.25, 0.3) is 11.8 Å². The minimum absolute atomic E-state index is 0.326. The molecule has 0 aliphatic heterocycles. The lowest BCUT2D eigenvalue weighted by atomic mass is 9.80. The predicted molar refractivity (Wildman–Crippen MR) is 244 cm³/mol. The van der Waals surface area contributed by atoms with Gasteiger partial charge in [0.1, 0.15) is 17.3 Å². The number of amides is 4.